The zero-order valence-electron chi connectivity index (χ0n) is 24.0. The van der Waals surface area contributed by atoms with Gasteiger partial charge in [0.1, 0.15) is 5.60 Å². The highest BCUT2D eigenvalue weighted by Crippen LogP contribution is 2.33. The van der Waals surface area contributed by atoms with Crippen molar-refractivity contribution in [3.8, 4) is 0 Å². The van der Waals surface area contributed by atoms with Gasteiger partial charge in [0.25, 0.3) is 0 Å². The fourth-order valence-electron chi connectivity index (χ4n) is 4.06. The summed E-state index contributed by atoms with van der Waals surface area (Å²) >= 11 is 1.44. The first-order chi connectivity index (χ1) is 19.6. The van der Waals surface area contributed by atoms with E-state index in [0.717, 1.165) is 16.0 Å². The highest BCUT2D eigenvalue weighted by Gasteiger charge is 2.28. The van der Waals surface area contributed by atoms with E-state index in [1.165, 1.54) is 19.1 Å². The predicted molar refractivity (Wildman–Crippen MR) is 162 cm³/mol. The first-order valence-electron chi connectivity index (χ1n) is 13.6. The Balaban J connectivity index is 1.69. The summed E-state index contributed by atoms with van der Waals surface area (Å²) in [6, 6.07) is 26.6. The van der Waals surface area contributed by atoms with Gasteiger partial charge in [-0.05, 0) is 81.0 Å². The molecule has 218 valence electrons. The summed E-state index contributed by atoms with van der Waals surface area (Å²) in [6.45, 7) is 5.51. The maximum absolute atomic E-state index is 12.9. The molecule has 3 aromatic rings. The number of ether oxygens (including phenoxy) is 2. The van der Waals surface area contributed by atoms with Gasteiger partial charge in [-0.3, -0.25) is 9.59 Å². The topological polar surface area (TPSA) is 106 Å². The van der Waals surface area contributed by atoms with Gasteiger partial charge in [0.2, 0.25) is 5.91 Å². The lowest BCUT2D eigenvalue weighted by Gasteiger charge is -2.30. The molecule has 41 heavy (non-hydrogen) atoms. The second-order valence-electron chi connectivity index (χ2n) is 10.5. The molecule has 0 bridgehead atoms. The van der Waals surface area contributed by atoms with Gasteiger partial charge in [-0.2, -0.15) is 0 Å². The lowest BCUT2D eigenvalue weighted by atomic mass is 9.94. The SMILES string of the molecule is COC(=O)CCCCC(=O)Nc1ccc(SNC(c2ccccc2)C(NC(=O)OC(C)(C)C)c2ccccc2)cc1. The number of alkyl carbamates (subject to hydrolysis) is 1. The van der Waals surface area contributed by atoms with Gasteiger partial charge >= 0.3 is 12.1 Å². The third kappa shape index (κ3) is 11.3. The number of hydrogen-bond acceptors (Lipinski definition) is 7. The summed E-state index contributed by atoms with van der Waals surface area (Å²) in [5.74, 6) is -0.367. The molecule has 0 saturated heterocycles. The third-order valence-electron chi connectivity index (χ3n) is 6.03. The summed E-state index contributed by atoms with van der Waals surface area (Å²) in [5.41, 5.74) is 2.00. The lowest BCUT2D eigenvalue weighted by Crippen LogP contribution is -2.39. The standard InChI is InChI=1S/C32H39N3O5S/c1-32(2,3)40-31(38)34-29(23-13-7-5-8-14-23)30(24-15-9-6-10-16-24)35-41-26-21-19-25(20-22-26)33-27(36)17-11-12-18-28(37)39-4/h5-10,13-16,19-22,29-30,35H,11-12,17-18H2,1-4H3,(H,33,36)(H,34,38). The average Bonchev–Trinajstić information content (AvgIpc) is 2.95. The number of nitrogens with one attached hydrogen (secondary N) is 3. The van der Waals surface area contributed by atoms with Crippen LogP contribution in [0, 0.1) is 0 Å². The fraction of sp³-hybridized carbons (Fsp3) is 0.344. The lowest BCUT2D eigenvalue weighted by molar-refractivity contribution is -0.140. The Hall–Kier alpha value is -3.82. The third-order valence-corrected chi connectivity index (χ3v) is 6.91. The van der Waals surface area contributed by atoms with Crippen LogP contribution >= 0.6 is 11.9 Å². The van der Waals surface area contributed by atoms with E-state index in [9.17, 15) is 14.4 Å². The molecule has 2 unspecified atom stereocenters. The van der Waals surface area contributed by atoms with Gasteiger partial charge in [0.15, 0.2) is 0 Å². The van der Waals surface area contributed by atoms with Crippen LogP contribution in [0.4, 0.5) is 10.5 Å². The molecule has 2 atom stereocenters. The molecule has 8 nitrogen and oxygen atoms in total. The number of amides is 2. The summed E-state index contributed by atoms with van der Waals surface area (Å²) in [4.78, 5) is 37.3. The van der Waals surface area contributed by atoms with Crippen LogP contribution in [0.5, 0.6) is 0 Å². The van der Waals surface area contributed by atoms with Crippen molar-refractivity contribution in [2.75, 3.05) is 12.4 Å². The molecular formula is C32H39N3O5S. The molecule has 0 aromatic heterocycles. The average molecular weight is 578 g/mol. The Morgan fingerprint density at radius 2 is 1.34 bits per heavy atom. The summed E-state index contributed by atoms with van der Waals surface area (Å²) < 4.78 is 13.8. The van der Waals surface area contributed by atoms with Crippen molar-refractivity contribution in [2.45, 2.75) is 69.0 Å². The maximum atomic E-state index is 12.9. The molecule has 0 aliphatic rings. The molecule has 9 heteroatoms. The van der Waals surface area contributed by atoms with Crippen molar-refractivity contribution in [1.29, 1.82) is 0 Å². The number of carbonyl (C=O) groups is 3. The molecule has 0 spiro atoms. The Bertz CT molecular complexity index is 1250. The first-order valence-corrected chi connectivity index (χ1v) is 14.4. The van der Waals surface area contributed by atoms with Crippen LogP contribution in [0.15, 0.2) is 89.8 Å². The van der Waals surface area contributed by atoms with Gasteiger partial charge in [0, 0.05) is 23.4 Å². The molecular weight excluding hydrogens is 538 g/mol. The van der Waals surface area contributed by atoms with Gasteiger partial charge in [0.05, 0.1) is 19.2 Å². The molecule has 3 aromatic carbocycles. The van der Waals surface area contributed by atoms with Crippen LogP contribution in [-0.4, -0.2) is 30.7 Å². The monoisotopic (exact) mass is 577 g/mol. The second kappa shape index (κ2) is 15.8. The molecule has 3 N–H and O–H groups in total. The minimum absolute atomic E-state index is 0.101. The van der Waals surface area contributed by atoms with Crippen molar-refractivity contribution in [3.05, 3.63) is 96.1 Å². The zero-order valence-corrected chi connectivity index (χ0v) is 24.8. The Morgan fingerprint density at radius 1 is 0.780 bits per heavy atom. The van der Waals surface area contributed by atoms with E-state index in [4.69, 9.17) is 4.74 Å². The van der Waals surface area contributed by atoms with E-state index in [0.29, 0.717) is 31.4 Å². The van der Waals surface area contributed by atoms with Crippen molar-refractivity contribution in [1.82, 2.24) is 10.0 Å². The fourth-order valence-corrected chi connectivity index (χ4v) is 4.87. The van der Waals surface area contributed by atoms with Crippen LogP contribution in [0.2, 0.25) is 0 Å². The van der Waals surface area contributed by atoms with E-state index in [-0.39, 0.29) is 17.9 Å². The van der Waals surface area contributed by atoms with Gasteiger partial charge < -0.3 is 20.1 Å². The van der Waals surface area contributed by atoms with Crippen molar-refractivity contribution in [3.63, 3.8) is 0 Å². The highest BCUT2D eigenvalue weighted by atomic mass is 32.2. The van der Waals surface area contributed by atoms with Crippen molar-refractivity contribution < 1.29 is 23.9 Å². The van der Waals surface area contributed by atoms with Gasteiger partial charge in [-0.15, -0.1) is 0 Å². The number of rotatable bonds is 13. The van der Waals surface area contributed by atoms with E-state index >= 15 is 0 Å². The molecule has 0 radical (unpaired) electrons. The maximum Gasteiger partial charge on any atom is 0.408 e. The van der Waals surface area contributed by atoms with Crippen molar-refractivity contribution >= 4 is 35.6 Å². The molecule has 0 saturated carbocycles. The Morgan fingerprint density at radius 3 is 1.90 bits per heavy atom. The van der Waals surface area contributed by atoms with Gasteiger partial charge in [-0.1, -0.05) is 60.7 Å². The van der Waals surface area contributed by atoms with E-state index < -0.39 is 17.7 Å². The highest BCUT2D eigenvalue weighted by molar-refractivity contribution is 7.97. The molecule has 0 aliphatic carbocycles. The van der Waals surface area contributed by atoms with E-state index in [2.05, 4.69) is 20.1 Å². The van der Waals surface area contributed by atoms with Crippen LogP contribution in [0.3, 0.4) is 0 Å². The molecule has 0 aliphatic heterocycles. The number of benzene rings is 3. The second-order valence-corrected chi connectivity index (χ2v) is 11.4. The number of hydrogen-bond donors (Lipinski definition) is 3. The Labute approximate surface area is 246 Å². The smallest absolute Gasteiger partial charge is 0.408 e. The zero-order chi connectivity index (χ0) is 29.7. The van der Waals surface area contributed by atoms with Crippen LogP contribution < -0.4 is 15.4 Å². The molecule has 0 heterocycles. The van der Waals surface area contributed by atoms with E-state index in [1.54, 1.807) is 0 Å². The van der Waals surface area contributed by atoms with Crippen LogP contribution in [-0.2, 0) is 19.1 Å². The minimum Gasteiger partial charge on any atom is -0.469 e. The van der Waals surface area contributed by atoms with E-state index in [1.807, 2.05) is 106 Å². The summed E-state index contributed by atoms with van der Waals surface area (Å²) in [6.07, 6.45) is 1.37. The number of anilines is 1. The molecule has 3 rings (SSSR count). The van der Waals surface area contributed by atoms with Crippen molar-refractivity contribution in [2.24, 2.45) is 0 Å². The number of unbranched alkanes of at least 4 members (excludes halogenated alkanes) is 1. The summed E-state index contributed by atoms with van der Waals surface area (Å²) in [7, 11) is 1.36. The quantitative estimate of drug-likeness (QED) is 0.115. The molecule has 2 amide bonds. The Kier molecular flexibility index (Phi) is 12.2. The van der Waals surface area contributed by atoms with Crippen LogP contribution in [0.25, 0.3) is 0 Å². The van der Waals surface area contributed by atoms with Crippen LogP contribution in [0.1, 0.15) is 69.7 Å². The number of carbonyl (C=O) groups excluding carboxylic acids is 3. The molecule has 0 fully saturated rings. The normalized spacial score (nSPS) is 12.6. The summed E-state index contributed by atoms with van der Waals surface area (Å²) in [5, 5.41) is 5.97. The largest absolute Gasteiger partial charge is 0.469 e. The predicted octanol–water partition coefficient (Wildman–Crippen LogP) is 6.96. The first kappa shape index (κ1) is 31.7. The van der Waals surface area contributed by atoms with Gasteiger partial charge in [-0.25, -0.2) is 9.52 Å². The number of methoxy groups -OCH3 is 1. The number of esters is 1. The minimum atomic E-state index is -0.629.